The molecule has 0 bridgehead atoms. The van der Waals surface area contributed by atoms with Crippen LogP contribution < -0.4 is 9.47 Å². The molecule has 1 aliphatic carbocycles. The second-order valence-corrected chi connectivity index (χ2v) is 7.99. The Hall–Kier alpha value is -3.34. The summed E-state index contributed by atoms with van der Waals surface area (Å²) in [7, 11) is 0. The van der Waals surface area contributed by atoms with Gasteiger partial charge in [-0.15, -0.1) is 0 Å². The Balaban J connectivity index is 1.40. The van der Waals surface area contributed by atoms with E-state index in [1.165, 1.54) is 22.3 Å². The summed E-state index contributed by atoms with van der Waals surface area (Å²) in [6, 6.07) is 16.2. The monoisotopic (exact) mass is 401 g/mol. The zero-order valence-electron chi connectivity index (χ0n) is 16.8. The average Bonchev–Trinajstić information content (AvgIpc) is 3.32. The van der Waals surface area contributed by atoms with Gasteiger partial charge in [0.2, 0.25) is 0 Å². The largest absolute Gasteiger partial charge is 0.492 e. The molecule has 0 radical (unpaired) electrons. The number of pyridine rings is 1. The summed E-state index contributed by atoms with van der Waals surface area (Å²) in [5, 5.41) is 9.07. The Morgan fingerprint density at radius 1 is 1.20 bits per heavy atom. The summed E-state index contributed by atoms with van der Waals surface area (Å²) >= 11 is 0. The quantitative estimate of drug-likeness (QED) is 0.646. The zero-order chi connectivity index (χ0) is 20.7. The van der Waals surface area contributed by atoms with E-state index in [9.17, 15) is 4.79 Å². The Morgan fingerprint density at radius 2 is 2.10 bits per heavy atom. The topological polar surface area (TPSA) is 68.7 Å². The number of hydrogen-bond donors (Lipinski definition) is 1. The van der Waals surface area contributed by atoms with Gasteiger partial charge in [0.05, 0.1) is 18.7 Å². The van der Waals surface area contributed by atoms with Gasteiger partial charge in [-0.25, -0.2) is 0 Å². The molecule has 30 heavy (non-hydrogen) atoms. The lowest BCUT2D eigenvalue weighted by Crippen LogP contribution is -2.07. The standard InChI is InChI=1S/C25H23NO4/c1-15-4-3-11-26-25(15)21-6-2-5-20-19(21)9-10-22(20)30-17-7-8-18-16(12-24(27)28)14-29-23(18)13-17/h2-8,11,13,16,22H,9-10,12,14H2,1H3,(H,27,28)/t16?,22-/m1/s1. The van der Waals surface area contributed by atoms with Crippen molar-refractivity contribution in [3.63, 3.8) is 0 Å². The molecule has 0 saturated carbocycles. The molecule has 2 aromatic carbocycles. The van der Waals surface area contributed by atoms with Crippen LogP contribution in [0.4, 0.5) is 0 Å². The number of nitrogens with zero attached hydrogens (tertiary/aromatic N) is 1. The van der Waals surface area contributed by atoms with Crippen molar-refractivity contribution in [2.75, 3.05) is 6.61 Å². The lowest BCUT2D eigenvalue weighted by atomic mass is 9.97. The average molecular weight is 401 g/mol. The lowest BCUT2D eigenvalue weighted by molar-refractivity contribution is -0.137. The second-order valence-electron chi connectivity index (χ2n) is 7.99. The molecule has 0 amide bonds. The number of aromatic nitrogens is 1. The molecule has 0 spiro atoms. The molecule has 1 N–H and O–H groups in total. The van der Waals surface area contributed by atoms with Crippen LogP contribution in [0.2, 0.25) is 0 Å². The molecule has 5 nitrogen and oxygen atoms in total. The predicted molar refractivity (Wildman–Crippen MR) is 113 cm³/mol. The molecule has 2 heterocycles. The third-order valence-electron chi connectivity index (χ3n) is 6.04. The van der Waals surface area contributed by atoms with Crippen molar-refractivity contribution < 1.29 is 19.4 Å². The number of ether oxygens (including phenoxy) is 2. The fraction of sp³-hybridized carbons (Fsp3) is 0.280. The van der Waals surface area contributed by atoms with Gasteiger partial charge in [-0.1, -0.05) is 30.3 Å². The van der Waals surface area contributed by atoms with E-state index < -0.39 is 5.97 Å². The van der Waals surface area contributed by atoms with E-state index in [0.29, 0.717) is 6.61 Å². The molecule has 0 saturated heterocycles. The van der Waals surface area contributed by atoms with Crippen LogP contribution in [0.3, 0.4) is 0 Å². The number of benzene rings is 2. The van der Waals surface area contributed by atoms with E-state index in [0.717, 1.165) is 35.6 Å². The number of fused-ring (bicyclic) bond motifs is 2. The van der Waals surface area contributed by atoms with Crippen molar-refractivity contribution in [3.05, 3.63) is 77.0 Å². The van der Waals surface area contributed by atoms with Gasteiger partial charge in [0.1, 0.15) is 17.6 Å². The fourth-order valence-corrected chi connectivity index (χ4v) is 4.60. The van der Waals surface area contributed by atoms with Crippen LogP contribution in [0.15, 0.2) is 54.7 Å². The fourth-order valence-electron chi connectivity index (χ4n) is 4.60. The molecule has 0 fully saturated rings. The third-order valence-corrected chi connectivity index (χ3v) is 6.04. The normalized spacial score (nSPS) is 19.1. The van der Waals surface area contributed by atoms with Crippen LogP contribution in [0.25, 0.3) is 11.3 Å². The number of carbonyl (C=O) groups is 1. The van der Waals surface area contributed by atoms with Crippen LogP contribution in [0.5, 0.6) is 11.5 Å². The highest BCUT2D eigenvalue weighted by Gasteiger charge is 2.29. The van der Waals surface area contributed by atoms with Crippen molar-refractivity contribution in [1.29, 1.82) is 0 Å². The highest BCUT2D eigenvalue weighted by Crippen LogP contribution is 2.43. The Morgan fingerprint density at radius 3 is 2.93 bits per heavy atom. The number of hydrogen-bond acceptors (Lipinski definition) is 4. The van der Waals surface area contributed by atoms with E-state index in [-0.39, 0.29) is 18.4 Å². The first-order chi connectivity index (χ1) is 14.6. The molecule has 2 aliphatic rings. The minimum Gasteiger partial charge on any atom is -0.492 e. The summed E-state index contributed by atoms with van der Waals surface area (Å²) < 4.78 is 12.1. The summed E-state index contributed by atoms with van der Waals surface area (Å²) in [5.41, 5.74) is 6.85. The summed E-state index contributed by atoms with van der Waals surface area (Å²) in [6.07, 6.45) is 3.77. The maximum absolute atomic E-state index is 11.0. The van der Waals surface area contributed by atoms with E-state index in [1.807, 2.05) is 30.5 Å². The summed E-state index contributed by atoms with van der Waals surface area (Å²) in [5.74, 6) is 0.582. The maximum Gasteiger partial charge on any atom is 0.304 e. The van der Waals surface area contributed by atoms with Crippen LogP contribution in [0.1, 0.15) is 47.1 Å². The van der Waals surface area contributed by atoms with Crippen LogP contribution >= 0.6 is 0 Å². The summed E-state index contributed by atoms with van der Waals surface area (Å²) in [4.78, 5) is 15.6. The highest BCUT2D eigenvalue weighted by molar-refractivity contribution is 5.70. The van der Waals surface area contributed by atoms with Crippen LogP contribution in [-0.4, -0.2) is 22.7 Å². The van der Waals surface area contributed by atoms with Gasteiger partial charge in [-0.2, -0.15) is 0 Å². The first-order valence-electron chi connectivity index (χ1n) is 10.3. The second kappa shape index (κ2) is 7.48. The molecule has 1 aromatic heterocycles. The van der Waals surface area contributed by atoms with E-state index in [4.69, 9.17) is 14.6 Å². The van der Waals surface area contributed by atoms with Gasteiger partial charge >= 0.3 is 5.97 Å². The van der Waals surface area contributed by atoms with E-state index in [1.54, 1.807) is 0 Å². The van der Waals surface area contributed by atoms with E-state index >= 15 is 0 Å². The van der Waals surface area contributed by atoms with Gasteiger partial charge < -0.3 is 14.6 Å². The molecular weight excluding hydrogens is 378 g/mol. The number of aliphatic carboxylic acids is 1. The number of carboxylic acids is 1. The molecule has 3 aromatic rings. The predicted octanol–water partition coefficient (Wildman–Crippen LogP) is 5.07. The Kier molecular flexibility index (Phi) is 4.66. The first kappa shape index (κ1) is 18.7. The highest BCUT2D eigenvalue weighted by atomic mass is 16.5. The summed E-state index contributed by atoms with van der Waals surface area (Å²) in [6.45, 7) is 2.50. The van der Waals surface area contributed by atoms with Crippen LogP contribution in [0, 0.1) is 6.92 Å². The Labute approximate surface area is 175 Å². The van der Waals surface area contributed by atoms with Gasteiger partial charge in [-0.05, 0) is 48.6 Å². The number of rotatable bonds is 5. The molecule has 1 aliphatic heterocycles. The number of carboxylic acid groups (broad SMARTS) is 1. The molecule has 1 unspecified atom stereocenters. The molecule has 152 valence electrons. The maximum atomic E-state index is 11.0. The number of aryl methyl sites for hydroxylation is 1. The Bertz CT molecular complexity index is 1120. The lowest BCUT2D eigenvalue weighted by Gasteiger charge is -2.17. The SMILES string of the molecule is Cc1cccnc1-c1cccc2c1CC[C@H]2Oc1ccc2c(c1)OCC2CC(=O)O. The third kappa shape index (κ3) is 3.30. The molecule has 2 atom stereocenters. The smallest absolute Gasteiger partial charge is 0.304 e. The van der Waals surface area contributed by atoms with Gasteiger partial charge in [0.25, 0.3) is 0 Å². The molecule has 5 heteroatoms. The van der Waals surface area contributed by atoms with E-state index in [2.05, 4.69) is 36.2 Å². The zero-order valence-corrected chi connectivity index (χ0v) is 16.8. The van der Waals surface area contributed by atoms with Gasteiger partial charge in [0.15, 0.2) is 0 Å². The van der Waals surface area contributed by atoms with Gasteiger partial charge in [-0.3, -0.25) is 9.78 Å². The van der Waals surface area contributed by atoms with Crippen molar-refractivity contribution in [2.24, 2.45) is 0 Å². The molecular formula is C25H23NO4. The van der Waals surface area contributed by atoms with Crippen molar-refractivity contribution >= 4 is 5.97 Å². The minimum atomic E-state index is -0.807. The van der Waals surface area contributed by atoms with Gasteiger partial charge in [0, 0.05) is 29.3 Å². The van der Waals surface area contributed by atoms with Crippen molar-refractivity contribution in [1.82, 2.24) is 4.98 Å². The first-order valence-corrected chi connectivity index (χ1v) is 10.3. The van der Waals surface area contributed by atoms with Crippen LogP contribution in [-0.2, 0) is 11.2 Å². The molecule has 5 rings (SSSR count). The minimum absolute atomic E-state index is 0.0155. The van der Waals surface area contributed by atoms with Crippen molar-refractivity contribution in [3.8, 4) is 22.8 Å². The van der Waals surface area contributed by atoms with Crippen molar-refractivity contribution in [2.45, 2.75) is 38.2 Å².